The lowest BCUT2D eigenvalue weighted by atomic mass is 9.89. The van der Waals surface area contributed by atoms with Gasteiger partial charge in [0.25, 0.3) is 0 Å². The Labute approximate surface area is 127 Å². The fourth-order valence-electron chi connectivity index (χ4n) is 3.32. The minimum atomic E-state index is -0.0618. The maximum atomic E-state index is 11.8. The van der Waals surface area contributed by atoms with Gasteiger partial charge in [-0.05, 0) is 25.7 Å². The molecule has 4 heteroatoms. The molecule has 120 valence electrons. The highest BCUT2D eigenvalue weighted by atomic mass is 16.5. The summed E-state index contributed by atoms with van der Waals surface area (Å²) in [5.74, 6) is 0.0775. The third-order valence-corrected chi connectivity index (χ3v) is 4.65. The number of carbonyl (C=O) groups is 2. The zero-order valence-corrected chi connectivity index (χ0v) is 13.0. The Morgan fingerprint density at radius 3 is 1.43 bits per heavy atom. The summed E-state index contributed by atoms with van der Waals surface area (Å²) in [6.45, 7) is 0.737. The maximum absolute atomic E-state index is 11.8. The molecule has 0 aliphatic heterocycles. The second kappa shape index (κ2) is 9.06. The van der Waals surface area contributed by atoms with E-state index in [-0.39, 0.29) is 23.8 Å². The van der Waals surface area contributed by atoms with E-state index in [1.165, 1.54) is 12.8 Å². The van der Waals surface area contributed by atoms with Crippen LogP contribution >= 0.6 is 0 Å². The molecule has 0 unspecified atom stereocenters. The van der Waals surface area contributed by atoms with Crippen LogP contribution in [0.1, 0.15) is 70.6 Å². The number of carbonyl (C=O) groups excluding carboxylic acids is 2. The topological polar surface area (TPSA) is 52.6 Å². The molecule has 2 saturated carbocycles. The molecule has 0 bridgehead atoms. The summed E-state index contributed by atoms with van der Waals surface area (Å²) < 4.78 is 10.6. The molecule has 2 fully saturated rings. The van der Waals surface area contributed by atoms with Crippen molar-refractivity contribution in [1.29, 1.82) is 0 Å². The minimum Gasteiger partial charge on any atom is -0.465 e. The van der Waals surface area contributed by atoms with Crippen LogP contribution in [0.15, 0.2) is 0 Å². The van der Waals surface area contributed by atoms with Gasteiger partial charge in [0.1, 0.15) is 0 Å². The molecule has 0 amide bonds. The molecular weight excluding hydrogens is 268 g/mol. The molecule has 0 aromatic rings. The normalized spacial score (nSPS) is 21.0. The van der Waals surface area contributed by atoms with E-state index < -0.39 is 0 Å². The largest absolute Gasteiger partial charge is 0.465 e. The second-order valence-corrected chi connectivity index (χ2v) is 6.36. The third kappa shape index (κ3) is 5.68. The summed E-state index contributed by atoms with van der Waals surface area (Å²) in [7, 11) is 0. The number of hydrogen-bond donors (Lipinski definition) is 0. The molecule has 0 aromatic carbocycles. The first-order chi connectivity index (χ1) is 10.3. The van der Waals surface area contributed by atoms with Gasteiger partial charge in [-0.25, -0.2) is 0 Å². The Morgan fingerprint density at radius 1 is 0.667 bits per heavy atom. The molecule has 2 aliphatic carbocycles. The van der Waals surface area contributed by atoms with E-state index in [2.05, 4.69) is 0 Å². The van der Waals surface area contributed by atoms with Crippen molar-refractivity contribution in [3.05, 3.63) is 0 Å². The lowest BCUT2D eigenvalue weighted by molar-refractivity contribution is -0.152. The number of ether oxygens (including phenoxy) is 2. The maximum Gasteiger partial charge on any atom is 0.308 e. The molecule has 0 saturated heterocycles. The van der Waals surface area contributed by atoms with Crippen LogP contribution in [0.3, 0.4) is 0 Å². The molecule has 0 N–H and O–H groups in total. The van der Waals surface area contributed by atoms with Crippen LogP contribution < -0.4 is 0 Å². The van der Waals surface area contributed by atoms with E-state index >= 15 is 0 Å². The van der Waals surface area contributed by atoms with Crippen LogP contribution in [-0.4, -0.2) is 25.2 Å². The first kappa shape index (κ1) is 16.3. The molecule has 4 nitrogen and oxygen atoms in total. The van der Waals surface area contributed by atoms with E-state index in [1.54, 1.807) is 0 Å². The Balaban J connectivity index is 1.51. The van der Waals surface area contributed by atoms with Gasteiger partial charge >= 0.3 is 11.9 Å². The Kier molecular flexibility index (Phi) is 7.04. The summed E-state index contributed by atoms with van der Waals surface area (Å²) in [6.07, 6.45) is 11.5. The highest BCUT2D eigenvalue weighted by Crippen LogP contribution is 2.25. The van der Waals surface area contributed by atoms with Crippen LogP contribution in [0.25, 0.3) is 0 Å². The van der Waals surface area contributed by atoms with Gasteiger partial charge in [-0.3, -0.25) is 9.59 Å². The number of rotatable bonds is 6. The van der Waals surface area contributed by atoms with Gasteiger partial charge in [0, 0.05) is 6.42 Å². The van der Waals surface area contributed by atoms with Crippen molar-refractivity contribution >= 4 is 11.9 Å². The van der Waals surface area contributed by atoms with Crippen LogP contribution in [-0.2, 0) is 19.1 Å². The fourth-order valence-corrected chi connectivity index (χ4v) is 3.32. The Morgan fingerprint density at radius 2 is 1.05 bits per heavy atom. The highest BCUT2D eigenvalue weighted by Gasteiger charge is 2.23. The van der Waals surface area contributed by atoms with E-state index in [0.717, 1.165) is 51.4 Å². The summed E-state index contributed by atoms with van der Waals surface area (Å²) in [4.78, 5) is 23.6. The molecule has 0 atom stereocenters. The van der Waals surface area contributed by atoms with E-state index in [1.807, 2.05) is 0 Å². The predicted octanol–water partition coefficient (Wildman–Crippen LogP) is 3.62. The first-order valence-corrected chi connectivity index (χ1v) is 8.60. The summed E-state index contributed by atoms with van der Waals surface area (Å²) in [5, 5.41) is 0. The molecular formula is C17H28O4. The zero-order valence-electron chi connectivity index (χ0n) is 13.0. The lowest BCUT2D eigenvalue weighted by Gasteiger charge is -2.20. The van der Waals surface area contributed by atoms with Crippen LogP contribution in [0.5, 0.6) is 0 Å². The van der Waals surface area contributed by atoms with Crippen LogP contribution in [0, 0.1) is 11.8 Å². The Hall–Kier alpha value is -1.06. The lowest BCUT2D eigenvalue weighted by Crippen LogP contribution is -2.23. The average Bonchev–Trinajstić information content (AvgIpc) is 2.55. The summed E-state index contributed by atoms with van der Waals surface area (Å²) in [5.41, 5.74) is 0. The van der Waals surface area contributed by atoms with Gasteiger partial charge in [0.15, 0.2) is 0 Å². The van der Waals surface area contributed by atoms with E-state index in [9.17, 15) is 9.59 Å². The SMILES string of the molecule is O=C(OCCCOC(=O)C1CCCCC1)C1CCCCC1. The summed E-state index contributed by atoms with van der Waals surface area (Å²) >= 11 is 0. The number of esters is 2. The molecule has 0 spiro atoms. The van der Waals surface area contributed by atoms with Crippen molar-refractivity contribution in [3.8, 4) is 0 Å². The minimum absolute atomic E-state index is 0.0618. The van der Waals surface area contributed by atoms with Crippen molar-refractivity contribution in [2.75, 3.05) is 13.2 Å². The van der Waals surface area contributed by atoms with Gasteiger partial charge in [-0.2, -0.15) is 0 Å². The average molecular weight is 296 g/mol. The standard InChI is InChI=1S/C17H28O4/c18-16(14-8-3-1-4-9-14)20-12-7-13-21-17(19)15-10-5-2-6-11-15/h14-15H,1-13H2. The van der Waals surface area contributed by atoms with Gasteiger partial charge in [-0.1, -0.05) is 38.5 Å². The second-order valence-electron chi connectivity index (χ2n) is 6.36. The van der Waals surface area contributed by atoms with Crippen molar-refractivity contribution in [2.45, 2.75) is 70.6 Å². The molecule has 2 rings (SSSR count). The molecule has 21 heavy (non-hydrogen) atoms. The molecule has 0 heterocycles. The highest BCUT2D eigenvalue weighted by molar-refractivity contribution is 5.73. The quantitative estimate of drug-likeness (QED) is 0.555. The Bertz CT molecular complexity index is 296. The monoisotopic (exact) mass is 296 g/mol. The van der Waals surface area contributed by atoms with Gasteiger partial charge in [0.05, 0.1) is 25.0 Å². The van der Waals surface area contributed by atoms with Gasteiger partial charge < -0.3 is 9.47 Å². The summed E-state index contributed by atoms with van der Waals surface area (Å²) in [6, 6.07) is 0. The zero-order chi connectivity index (χ0) is 14.9. The van der Waals surface area contributed by atoms with Crippen molar-refractivity contribution in [3.63, 3.8) is 0 Å². The first-order valence-electron chi connectivity index (χ1n) is 8.60. The third-order valence-electron chi connectivity index (χ3n) is 4.65. The van der Waals surface area contributed by atoms with Gasteiger partial charge in [0.2, 0.25) is 0 Å². The van der Waals surface area contributed by atoms with E-state index in [0.29, 0.717) is 19.6 Å². The fraction of sp³-hybridized carbons (Fsp3) is 0.882. The molecule has 0 aromatic heterocycles. The van der Waals surface area contributed by atoms with Gasteiger partial charge in [-0.15, -0.1) is 0 Å². The molecule has 0 radical (unpaired) electrons. The van der Waals surface area contributed by atoms with Crippen molar-refractivity contribution < 1.29 is 19.1 Å². The number of hydrogen-bond acceptors (Lipinski definition) is 4. The smallest absolute Gasteiger partial charge is 0.308 e. The van der Waals surface area contributed by atoms with E-state index in [4.69, 9.17) is 9.47 Å². The molecule has 2 aliphatic rings. The predicted molar refractivity (Wildman–Crippen MR) is 79.7 cm³/mol. The van der Waals surface area contributed by atoms with Crippen molar-refractivity contribution in [1.82, 2.24) is 0 Å². The van der Waals surface area contributed by atoms with Crippen LogP contribution in [0.2, 0.25) is 0 Å². The van der Waals surface area contributed by atoms with Crippen molar-refractivity contribution in [2.24, 2.45) is 11.8 Å². The van der Waals surface area contributed by atoms with Crippen LogP contribution in [0.4, 0.5) is 0 Å².